The van der Waals surface area contributed by atoms with Crippen LogP contribution >= 0.6 is 11.3 Å². The number of hydrogen-bond acceptors (Lipinski definition) is 5. The molecule has 0 spiro atoms. The lowest BCUT2D eigenvalue weighted by Gasteiger charge is -2.05. The zero-order valence-electron chi connectivity index (χ0n) is 14.0. The van der Waals surface area contributed by atoms with E-state index < -0.39 is 0 Å². The molecule has 0 aliphatic rings. The molecule has 0 unspecified atom stereocenters. The van der Waals surface area contributed by atoms with Crippen molar-refractivity contribution >= 4 is 22.7 Å². The van der Waals surface area contributed by atoms with E-state index in [1.165, 1.54) is 11.3 Å². The van der Waals surface area contributed by atoms with Gasteiger partial charge in [0.15, 0.2) is 0 Å². The molecule has 0 bridgehead atoms. The Morgan fingerprint density at radius 2 is 1.88 bits per heavy atom. The van der Waals surface area contributed by atoms with E-state index in [-0.39, 0.29) is 0 Å². The van der Waals surface area contributed by atoms with E-state index in [0.717, 1.165) is 27.5 Å². The fourth-order valence-corrected chi connectivity index (χ4v) is 3.26. The Bertz CT molecular complexity index is 990. The third kappa shape index (κ3) is 3.87. The highest BCUT2D eigenvalue weighted by atomic mass is 32.1. The lowest BCUT2D eigenvalue weighted by atomic mass is 10.1. The van der Waals surface area contributed by atoms with Gasteiger partial charge in [0.2, 0.25) is 5.13 Å². The maximum absolute atomic E-state index is 4.57. The molecule has 2 aromatic heterocycles. The second-order valence-corrected chi connectivity index (χ2v) is 6.53. The van der Waals surface area contributed by atoms with Crippen LogP contribution in [0.15, 0.2) is 83.5 Å². The van der Waals surface area contributed by atoms with Gasteiger partial charge in [0.1, 0.15) is 0 Å². The van der Waals surface area contributed by atoms with Crippen molar-refractivity contribution in [2.45, 2.75) is 6.54 Å². The van der Waals surface area contributed by atoms with Crippen LogP contribution in [0.5, 0.6) is 0 Å². The summed E-state index contributed by atoms with van der Waals surface area (Å²) in [5.74, 6) is 0. The Morgan fingerprint density at radius 1 is 1.04 bits per heavy atom. The Labute approximate surface area is 155 Å². The van der Waals surface area contributed by atoms with Crippen molar-refractivity contribution in [1.29, 1.82) is 0 Å². The molecule has 0 saturated carbocycles. The van der Waals surface area contributed by atoms with E-state index in [2.05, 4.69) is 26.7 Å². The number of hydrazone groups is 1. The normalized spacial score (nSPS) is 11.1. The number of benzene rings is 2. The van der Waals surface area contributed by atoms with E-state index in [9.17, 15) is 0 Å². The molecule has 0 saturated heterocycles. The van der Waals surface area contributed by atoms with Crippen LogP contribution < -0.4 is 5.43 Å². The second-order valence-electron chi connectivity index (χ2n) is 5.68. The summed E-state index contributed by atoms with van der Waals surface area (Å²) >= 11 is 1.54. The van der Waals surface area contributed by atoms with Crippen LogP contribution in [0, 0.1) is 0 Å². The van der Waals surface area contributed by atoms with Crippen molar-refractivity contribution in [1.82, 2.24) is 14.8 Å². The zero-order chi connectivity index (χ0) is 17.6. The van der Waals surface area contributed by atoms with Gasteiger partial charge in [0, 0.05) is 23.3 Å². The highest BCUT2D eigenvalue weighted by Gasteiger charge is 2.04. The third-order valence-corrected chi connectivity index (χ3v) is 4.63. The maximum Gasteiger partial charge on any atom is 0.203 e. The quantitative estimate of drug-likeness (QED) is 0.407. The van der Waals surface area contributed by atoms with Crippen LogP contribution in [-0.2, 0) is 6.54 Å². The standard InChI is InChI=1S/C20H17N5S/c1-2-7-16(8-3-1)19-15-26-20(23-19)24-21-13-17-9-4-5-10-18(17)14-25-12-6-11-22-25/h1-13,15H,14H2,(H,23,24). The van der Waals surface area contributed by atoms with Crippen LogP contribution in [0.4, 0.5) is 5.13 Å². The van der Waals surface area contributed by atoms with E-state index in [1.807, 2.05) is 77.1 Å². The van der Waals surface area contributed by atoms with Gasteiger partial charge in [-0.05, 0) is 17.2 Å². The highest BCUT2D eigenvalue weighted by molar-refractivity contribution is 7.14. The van der Waals surface area contributed by atoms with Gasteiger partial charge >= 0.3 is 0 Å². The van der Waals surface area contributed by atoms with Gasteiger partial charge < -0.3 is 0 Å². The molecule has 128 valence electrons. The van der Waals surface area contributed by atoms with Crippen molar-refractivity contribution < 1.29 is 0 Å². The molecule has 5 nitrogen and oxygen atoms in total. The summed E-state index contributed by atoms with van der Waals surface area (Å²) in [6.45, 7) is 0.713. The monoisotopic (exact) mass is 359 g/mol. The largest absolute Gasteiger partial charge is 0.268 e. The van der Waals surface area contributed by atoms with E-state index >= 15 is 0 Å². The van der Waals surface area contributed by atoms with Gasteiger partial charge in [0.05, 0.1) is 18.5 Å². The van der Waals surface area contributed by atoms with E-state index in [0.29, 0.717) is 6.54 Å². The average Bonchev–Trinajstić information content (AvgIpc) is 3.36. The summed E-state index contributed by atoms with van der Waals surface area (Å²) in [5, 5.41) is 11.4. The van der Waals surface area contributed by atoms with Crippen molar-refractivity contribution in [2.75, 3.05) is 5.43 Å². The number of thiazole rings is 1. The van der Waals surface area contributed by atoms with Crippen LogP contribution in [0.1, 0.15) is 11.1 Å². The summed E-state index contributed by atoms with van der Waals surface area (Å²) in [6.07, 6.45) is 5.56. The molecule has 0 radical (unpaired) electrons. The summed E-state index contributed by atoms with van der Waals surface area (Å²) in [6, 6.07) is 20.2. The molecule has 0 fully saturated rings. The predicted octanol–water partition coefficient (Wildman–Crippen LogP) is 4.50. The SMILES string of the molecule is C(=NNc1nc(-c2ccccc2)cs1)c1ccccc1Cn1cccn1. The minimum absolute atomic E-state index is 0.713. The predicted molar refractivity (Wildman–Crippen MR) is 107 cm³/mol. The molecule has 2 heterocycles. The molecular weight excluding hydrogens is 342 g/mol. The average molecular weight is 359 g/mol. The topological polar surface area (TPSA) is 55.1 Å². The first-order valence-electron chi connectivity index (χ1n) is 8.24. The minimum Gasteiger partial charge on any atom is -0.268 e. The van der Waals surface area contributed by atoms with Crippen LogP contribution in [0.2, 0.25) is 0 Å². The van der Waals surface area contributed by atoms with Gasteiger partial charge in [-0.1, -0.05) is 54.6 Å². The molecule has 6 heteroatoms. The fourth-order valence-electron chi connectivity index (χ4n) is 2.60. The number of nitrogens with zero attached hydrogens (tertiary/aromatic N) is 4. The lowest BCUT2D eigenvalue weighted by molar-refractivity contribution is 0.686. The van der Waals surface area contributed by atoms with Crippen molar-refractivity contribution in [3.8, 4) is 11.3 Å². The van der Waals surface area contributed by atoms with Crippen molar-refractivity contribution in [3.63, 3.8) is 0 Å². The molecule has 1 N–H and O–H groups in total. The maximum atomic E-state index is 4.57. The Balaban J connectivity index is 1.45. The van der Waals surface area contributed by atoms with Gasteiger partial charge in [0.25, 0.3) is 0 Å². The molecule has 4 aromatic rings. The molecule has 0 amide bonds. The Hall–Kier alpha value is -3.25. The summed E-state index contributed by atoms with van der Waals surface area (Å²) in [7, 11) is 0. The number of aromatic nitrogens is 3. The van der Waals surface area contributed by atoms with Gasteiger partial charge in [-0.3, -0.25) is 10.1 Å². The number of rotatable bonds is 6. The molecule has 0 atom stereocenters. The smallest absolute Gasteiger partial charge is 0.203 e. The van der Waals surface area contributed by atoms with Crippen molar-refractivity contribution in [3.05, 3.63) is 89.6 Å². The summed E-state index contributed by atoms with van der Waals surface area (Å²) < 4.78 is 1.90. The molecule has 2 aromatic carbocycles. The molecule has 4 rings (SSSR count). The minimum atomic E-state index is 0.713. The zero-order valence-corrected chi connectivity index (χ0v) is 14.8. The number of hydrogen-bond donors (Lipinski definition) is 1. The molecule has 26 heavy (non-hydrogen) atoms. The first kappa shape index (κ1) is 16.2. The Morgan fingerprint density at radius 3 is 2.73 bits per heavy atom. The Kier molecular flexibility index (Phi) is 4.84. The van der Waals surface area contributed by atoms with Crippen LogP contribution in [0.3, 0.4) is 0 Å². The van der Waals surface area contributed by atoms with Gasteiger partial charge in [-0.25, -0.2) is 4.98 Å². The lowest BCUT2D eigenvalue weighted by Crippen LogP contribution is -2.03. The van der Waals surface area contributed by atoms with Crippen molar-refractivity contribution in [2.24, 2.45) is 5.10 Å². The molecular formula is C20H17N5S. The van der Waals surface area contributed by atoms with Gasteiger partial charge in [-0.15, -0.1) is 11.3 Å². The first-order chi connectivity index (χ1) is 12.9. The summed E-state index contributed by atoms with van der Waals surface area (Å²) in [4.78, 5) is 4.57. The first-order valence-corrected chi connectivity index (χ1v) is 9.12. The third-order valence-electron chi connectivity index (χ3n) is 3.88. The number of nitrogens with one attached hydrogen (secondary N) is 1. The van der Waals surface area contributed by atoms with E-state index in [1.54, 1.807) is 6.20 Å². The molecule has 0 aliphatic carbocycles. The van der Waals surface area contributed by atoms with Gasteiger partial charge in [-0.2, -0.15) is 10.2 Å². The molecule has 0 aliphatic heterocycles. The number of anilines is 1. The van der Waals surface area contributed by atoms with Crippen LogP contribution in [-0.4, -0.2) is 21.0 Å². The second kappa shape index (κ2) is 7.76. The highest BCUT2D eigenvalue weighted by Crippen LogP contribution is 2.24. The van der Waals surface area contributed by atoms with E-state index in [4.69, 9.17) is 0 Å². The van der Waals surface area contributed by atoms with Crippen LogP contribution in [0.25, 0.3) is 11.3 Å². The fraction of sp³-hybridized carbons (Fsp3) is 0.0500. The summed E-state index contributed by atoms with van der Waals surface area (Å²) in [5.41, 5.74) is 7.29.